The number of hydrogen-bond acceptors (Lipinski definition) is 4. The van der Waals surface area contributed by atoms with Crippen LogP contribution < -0.4 is 0 Å². The lowest BCUT2D eigenvalue weighted by atomic mass is 9.77. The van der Waals surface area contributed by atoms with Crippen molar-refractivity contribution in [1.82, 2.24) is 9.80 Å². The van der Waals surface area contributed by atoms with Crippen molar-refractivity contribution in [3.05, 3.63) is 54.1 Å². The molecule has 0 spiro atoms. The van der Waals surface area contributed by atoms with Crippen molar-refractivity contribution in [2.75, 3.05) is 26.2 Å². The predicted octanol–water partition coefficient (Wildman–Crippen LogP) is 3.37. The molecule has 3 aliphatic rings. The second-order valence-corrected chi connectivity index (χ2v) is 9.20. The van der Waals surface area contributed by atoms with Crippen molar-refractivity contribution in [2.45, 2.75) is 37.8 Å². The first-order valence-electron chi connectivity index (χ1n) is 11.2. The average Bonchev–Trinajstić information content (AvgIpc) is 3.43. The molecule has 2 aliphatic heterocycles. The fourth-order valence-electron chi connectivity index (χ4n) is 5.68. The Morgan fingerprint density at radius 1 is 0.833 bits per heavy atom. The molecule has 5 nitrogen and oxygen atoms in total. The fourth-order valence-corrected chi connectivity index (χ4v) is 5.68. The van der Waals surface area contributed by atoms with Gasteiger partial charge in [0.2, 0.25) is 0 Å². The van der Waals surface area contributed by atoms with Crippen molar-refractivity contribution >= 4 is 5.91 Å². The van der Waals surface area contributed by atoms with E-state index in [9.17, 15) is 15.0 Å². The van der Waals surface area contributed by atoms with Gasteiger partial charge in [-0.15, -0.1) is 0 Å². The van der Waals surface area contributed by atoms with Gasteiger partial charge in [0.15, 0.2) is 0 Å². The number of likely N-dealkylation sites (tertiary alicyclic amines) is 2. The summed E-state index contributed by atoms with van der Waals surface area (Å²) < 4.78 is 0. The van der Waals surface area contributed by atoms with Gasteiger partial charge in [-0.1, -0.05) is 24.3 Å². The highest BCUT2D eigenvalue weighted by Gasteiger charge is 2.44. The lowest BCUT2D eigenvalue weighted by molar-refractivity contribution is -0.000865. The van der Waals surface area contributed by atoms with Gasteiger partial charge in [-0.2, -0.15) is 0 Å². The quantitative estimate of drug-likeness (QED) is 0.820. The van der Waals surface area contributed by atoms with E-state index in [2.05, 4.69) is 4.90 Å². The van der Waals surface area contributed by atoms with Crippen LogP contribution in [-0.4, -0.2) is 64.2 Å². The Kier molecular flexibility index (Phi) is 5.25. The number of phenolic OH excluding ortho intramolecular Hbond substituents is 1. The highest BCUT2D eigenvalue weighted by molar-refractivity contribution is 5.95. The Labute approximate surface area is 177 Å². The van der Waals surface area contributed by atoms with Crippen LogP contribution in [0.25, 0.3) is 11.1 Å². The van der Waals surface area contributed by atoms with Crippen LogP contribution in [-0.2, 0) is 0 Å². The Bertz CT molecular complexity index is 890. The van der Waals surface area contributed by atoms with Crippen LogP contribution in [0.15, 0.2) is 48.5 Å². The fraction of sp³-hybridized carbons (Fsp3) is 0.480. The van der Waals surface area contributed by atoms with Crippen LogP contribution in [0.2, 0.25) is 0 Å². The second-order valence-electron chi connectivity index (χ2n) is 9.20. The van der Waals surface area contributed by atoms with Crippen LogP contribution in [0.1, 0.15) is 36.0 Å². The van der Waals surface area contributed by atoms with Crippen LogP contribution in [0, 0.1) is 11.8 Å². The number of fused-ring (bicyclic) bond motifs is 1. The number of carbonyl (C=O) groups is 1. The number of aromatic hydroxyl groups is 1. The van der Waals surface area contributed by atoms with Gasteiger partial charge in [-0.3, -0.25) is 9.69 Å². The Hall–Kier alpha value is -2.37. The van der Waals surface area contributed by atoms with E-state index in [0.29, 0.717) is 17.4 Å². The van der Waals surface area contributed by atoms with Crippen molar-refractivity contribution in [2.24, 2.45) is 11.8 Å². The molecule has 1 aliphatic carbocycles. The summed E-state index contributed by atoms with van der Waals surface area (Å²) in [4.78, 5) is 17.6. The van der Waals surface area contributed by atoms with E-state index in [1.165, 1.54) is 12.8 Å². The molecule has 2 heterocycles. The number of rotatable bonds is 3. The summed E-state index contributed by atoms with van der Waals surface area (Å²) in [5, 5.41) is 20.2. The summed E-state index contributed by atoms with van der Waals surface area (Å²) in [6.07, 6.45) is 4.04. The Morgan fingerprint density at radius 3 is 2.03 bits per heavy atom. The molecule has 3 fully saturated rings. The van der Waals surface area contributed by atoms with E-state index >= 15 is 0 Å². The van der Waals surface area contributed by atoms with Gasteiger partial charge in [0.05, 0.1) is 6.10 Å². The van der Waals surface area contributed by atoms with Crippen LogP contribution in [0.5, 0.6) is 5.75 Å². The minimum absolute atomic E-state index is 0.0915. The maximum absolute atomic E-state index is 13.1. The zero-order valence-electron chi connectivity index (χ0n) is 17.3. The second kappa shape index (κ2) is 8.05. The molecule has 158 valence electrons. The molecule has 4 atom stereocenters. The normalized spacial score (nSPS) is 29.2. The maximum atomic E-state index is 13.1. The third-order valence-electron chi connectivity index (χ3n) is 7.34. The first-order chi connectivity index (χ1) is 14.6. The maximum Gasteiger partial charge on any atom is 0.253 e. The Balaban J connectivity index is 1.25. The number of benzene rings is 2. The summed E-state index contributed by atoms with van der Waals surface area (Å²) in [5.41, 5.74) is 2.76. The van der Waals surface area contributed by atoms with E-state index in [1.54, 1.807) is 12.1 Å². The molecular formula is C25H30N2O3. The first-order valence-corrected chi connectivity index (χ1v) is 11.2. The summed E-state index contributed by atoms with van der Waals surface area (Å²) in [6, 6.07) is 15.1. The van der Waals surface area contributed by atoms with E-state index < -0.39 is 0 Å². The molecule has 5 heteroatoms. The summed E-state index contributed by atoms with van der Waals surface area (Å²) in [5.74, 6) is 1.25. The van der Waals surface area contributed by atoms with Gasteiger partial charge in [-0.25, -0.2) is 0 Å². The summed E-state index contributed by atoms with van der Waals surface area (Å²) >= 11 is 0. The van der Waals surface area contributed by atoms with E-state index in [0.717, 1.165) is 50.1 Å². The zero-order chi connectivity index (χ0) is 20.7. The molecule has 2 aromatic rings. The van der Waals surface area contributed by atoms with E-state index in [-0.39, 0.29) is 23.8 Å². The minimum Gasteiger partial charge on any atom is -0.508 e. The minimum atomic E-state index is -0.260. The van der Waals surface area contributed by atoms with Crippen LogP contribution in [0.4, 0.5) is 0 Å². The Morgan fingerprint density at radius 2 is 1.40 bits per heavy atom. The SMILES string of the molecule is O=C(c1ccc(-c2ccc(O)cc2)cc1)N1C[C@H]2C[C@@H](N3CCCC3)[C@H](O)C[C@H]2C1. The number of phenols is 1. The van der Waals surface area contributed by atoms with Gasteiger partial charge in [0, 0.05) is 24.7 Å². The number of aliphatic hydroxyl groups excluding tert-OH is 1. The van der Waals surface area contributed by atoms with Crippen LogP contribution >= 0.6 is 0 Å². The predicted molar refractivity (Wildman–Crippen MR) is 116 cm³/mol. The summed E-state index contributed by atoms with van der Waals surface area (Å²) in [7, 11) is 0. The number of nitrogens with zero attached hydrogens (tertiary/aromatic N) is 2. The van der Waals surface area contributed by atoms with Crippen LogP contribution in [0.3, 0.4) is 0 Å². The number of amides is 1. The summed E-state index contributed by atoms with van der Waals surface area (Å²) in [6.45, 7) is 3.78. The van der Waals surface area contributed by atoms with Crippen molar-refractivity contribution < 1.29 is 15.0 Å². The molecule has 5 rings (SSSR count). The third kappa shape index (κ3) is 3.72. The molecule has 2 N–H and O–H groups in total. The van der Waals surface area contributed by atoms with Gasteiger partial charge in [-0.05, 0) is 86.0 Å². The average molecular weight is 407 g/mol. The van der Waals surface area contributed by atoms with Gasteiger partial charge in [0.1, 0.15) is 5.75 Å². The molecule has 0 bridgehead atoms. The molecule has 1 saturated carbocycles. The molecule has 0 unspecified atom stereocenters. The largest absolute Gasteiger partial charge is 0.508 e. The van der Waals surface area contributed by atoms with Crippen molar-refractivity contribution in [3.8, 4) is 16.9 Å². The molecule has 2 saturated heterocycles. The molecule has 1 amide bonds. The lowest BCUT2D eigenvalue weighted by Gasteiger charge is -2.40. The van der Waals surface area contributed by atoms with Gasteiger partial charge < -0.3 is 15.1 Å². The van der Waals surface area contributed by atoms with E-state index in [1.807, 2.05) is 41.3 Å². The highest BCUT2D eigenvalue weighted by atomic mass is 16.3. The third-order valence-corrected chi connectivity index (χ3v) is 7.34. The van der Waals surface area contributed by atoms with E-state index in [4.69, 9.17) is 0 Å². The van der Waals surface area contributed by atoms with Crippen molar-refractivity contribution in [3.63, 3.8) is 0 Å². The van der Waals surface area contributed by atoms with Gasteiger partial charge >= 0.3 is 0 Å². The standard InChI is InChI=1S/C25H30N2O3/c28-22-9-7-18(8-10-22)17-3-5-19(6-4-17)25(30)27-15-20-13-23(26-11-1-2-12-26)24(29)14-21(20)16-27/h3-10,20-21,23-24,28-29H,1-2,11-16H2/t20-,21+,23-,24-/m1/s1. The topological polar surface area (TPSA) is 64.0 Å². The zero-order valence-corrected chi connectivity index (χ0v) is 17.3. The number of carbonyl (C=O) groups excluding carboxylic acids is 1. The molecule has 30 heavy (non-hydrogen) atoms. The molecule has 0 aromatic heterocycles. The first kappa shape index (κ1) is 19.6. The highest BCUT2D eigenvalue weighted by Crippen LogP contribution is 2.39. The molecule has 0 radical (unpaired) electrons. The number of aliphatic hydroxyl groups is 1. The molecule has 2 aromatic carbocycles. The van der Waals surface area contributed by atoms with Crippen molar-refractivity contribution in [1.29, 1.82) is 0 Å². The molecular weight excluding hydrogens is 376 g/mol. The van der Waals surface area contributed by atoms with Gasteiger partial charge in [0.25, 0.3) is 5.91 Å². The lowest BCUT2D eigenvalue weighted by Crippen LogP contribution is -2.48. The monoisotopic (exact) mass is 406 g/mol. The smallest absolute Gasteiger partial charge is 0.253 e. The number of hydrogen-bond donors (Lipinski definition) is 2.